The Hall–Kier alpha value is -3.60. The Morgan fingerprint density at radius 1 is 1.37 bits per heavy atom. The highest BCUT2D eigenvalue weighted by Crippen LogP contribution is 2.24. The average molecular weight is 475 g/mol. The molecule has 30 heavy (non-hydrogen) atoms. The molecule has 0 fully saturated rings. The number of ether oxygens (including phenoxy) is 1. The molecule has 154 valence electrons. The number of nitro groups is 1. The maximum atomic E-state index is 12.8. The van der Waals surface area contributed by atoms with E-state index in [4.69, 9.17) is 9.84 Å². The van der Waals surface area contributed by atoms with Crippen molar-refractivity contribution in [2.24, 2.45) is 5.10 Å². The minimum Gasteiger partial charge on any atom is -0.479 e. The Morgan fingerprint density at radius 3 is 2.77 bits per heavy atom. The lowest BCUT2D eigenvalue weighted by atomic mass is 10.2. The molecule has 2 aromatic carbocycles. The van der Waals surface area contributed by atoms with Crippen molar-refractivity contribution < 1.29 is 19.6 Å². The molecule has 3 rings (SSSR count). The molecule has 0 aliphatic heterocycles. The van der Waals surface area contributed by atoms with Crippen LogP contribution in [0.25, 0.3) is 10.9 Å². The number of carboxylic acids is 1. The zero-order chi connectivity index (χ0) is 22.0. The van der Waals surface area contributed by atoms with Crippen molar-refractivity contribution in [3.8, 4) is 5.75 Å². The van der Waals surface area contributed by atoms with E-state index < -0.39 is 22.6 Å². The minimum atomic E-state index is -1.20. The highest BCUT2D eigenvalue weighted by Gasteiger charge is 2.17. The van der Waals surface area contributed by atoms with Gasteiger partial charge in [-0.05, 0) is 38.1 Å². The van der Waals surface area contributed by atoms with Crippen molar-refractivity contribution in [2.75, 3.05) is 0 Å². The van der Waals surface area contributed by atoms with E-state index in [0.29, 0.717) is 21.2 Å². The first-order valence-corrected chi connectivity index (χ1v) is 9.38. The molecular weight excluding hydrogens is 460 g/mol. The number of nitro benzene ring substituents is 1. The Morgan fingerprint density at radius 2 is 2.10 bits per heavy atom. The monoisotopic (exact) mass is 474 g/mol. The molecule has 3 aromatic rings. The molecule has 0 radical (unpaired) electrons. The first-order valence-electron chi connectivity index (χ1n) is 8.58. The number of hydrogen-bond donors (Lipinski definition) is 1. The van der Waals surface area contributed by atoms with E-state index in [2.05, 4.69) is 26.0 Å². The number of halogens is 1. The minimum absolute atomic E-state index is 0.0708. The standard InChI is InChI=1S/C19H15BrN4O6/c1-10(19(26)27)30-17-6-4-14(24(28)29)7-12(17)9-21-23-11(2)22-16-5-3-13(20)8-15(16)18(23)25/h3-10H,1-2H3,(H,26,27)/t10-/m0/s1. The van der Waals surface area contributed by atoms with Crippen molar-refractivity contribution in [1.29, 1.82) is 0 Å². The normalized spacial score (nSPS) is 12.2. The van der Waals surface area contributed by atoms with Gasteiger partial charge < -0.3 is 9.84 Å². The van der Waals surface area contributed by atoms with Crippen molar-refractivity contribution in [3.05, 3.63) is 72.7 Å². The Labute approximate surface area is 177 Å². The van der Waals surface area contributed by atoms with Crippen LogP contribution in [0.4, 0.5) is 5.69 Å². The third kappa shape index (κ3) is 4.35. The van der Waals surface area contributed by atoms with Gasteiger partial charge in [-0.15, -0.1) is 0 Å². The molecule has 0 saturated carbocycles. The molecule has 0 amide bonds. The molecular formula is C19H15BrN4O6. The Kier molecular flexibility index (Phi) is 5.92. The number of aryl methyl sites for hydroxylation is 1. The number of aliphatic carboxylic acids is 1. The van der Waals surface area contributed by atoms with Crippen LogP contribution in [-0.4, -0.2) is 38.0 Å². The fourth-order valence-electron chi connectivity index (χ4n) is 2.61. The smallest absolute Gasteiger partial charge is 0.344 e. The van der Waals surface area contributed by atoms with Crippen LogP contribution in [0.15, 0.2) is 50.8 Å². The molecule has 0 aliphatic rings. The van der Waals surface area contributed by atoms with Gasteiger partial charge in [0.05, 0.1) is 22.0 Å². The number of hydrogen-bond acceptors (Lipinski definition) is 7. The number of carboxylic acid groups (broad SMARTS) is 1. The van der Waals surface area contributed by atoms with Crippen LogP contribution < -0.4 is 10.3 Å². The van der Waals surface area contributed by atoms with Crippen LogP contribution in [0, 0.1) is 17.0 Å². The van der Waals surface area contributed by atoms with Gasteiger partial charge >= 0.3 is 5.97 Å². The summed E-state index contributed by atoms with van der Waals surface area (Å²) < 4.78 is 7.11. The maximum absolute atomic E-state index is 12.8. The van der Waals surface area contributed by atoms with Crippen LogP contribution >= 0.6 is 15.9 Å². The molecule has 0 unspecified atom stereocenters. The summed E-state index contributed by atoms with van der Waals surface area (Å²) in [6.45, 7) is 2.92. The second-order valence-corrected chi connectivity index (χ2v) is 7.18. The molecule has 0 bridgehead atoms. The van der Waals surface area contributed by atoms with Gasteiger partial charge in [0.2, 0.25) is 0 Å². The fraction of sp³-hybridized carbons (Fsp3) is 0.158. The predicted octanol–water partition coefficient (Wildman–Crippen LogP) is 3.11. The number of non-ortho nitro benzene ring substituents is 1. The van der Waals surface area contributed by atoms with Crippen molar-refractivity contribution in [2.45, 2.75) is 20.0 Å². The fourth-order valence-corrected chi connectivity index (χ4v) is 2.98. The van der Waals surface area contributed by atoms with Crippen LogP contribution in [0.1, 0.15) is 18.3 Å². The molecule has 0 spiro atoms. The SMILES string of the molecule is Cc1nc2ccc(Br)cc2c(=O)n1N=Cc1cc([N+](=O)[O-])ccc1O[C@@H](C)C(=O)O. The third-order valence-corrected chi connectivity index (χ3v) is 4.63. The number of benzene rings is 2. The molecule has 1 heterocycles. The highest BCUT2D eigenvalue weighted by atomic mass is 79.9. The van der Waals surface area contributed by atoms with Crippen molar-refractivity contribution in [1.82, 2.24) is 9.66 Å². The zero-order valence-corrected chi connectivity index (χ0v) is 17.4. The summed E-state index contributed by atoms with van der Waals surface area (Å²) in [5, 5.41) is 24.6. The molecule has 0 aliphatic carbocycles. The van der Waals surface area contributed by atoms with Crippen LogP contribution in [0.5, 0.6) is 5.75 Å². The summed E-state index contributed by atoms with van der Waals surface area (Å²) in [5.74, 6) is -0.827. The van der Waals surface area contributed by atoms with Gasteiger partial charge in [-0.2, -0.15) is 9.78 Å². The Balaban J connectivity index is 2.10. The molecule has 1 atom stereocenters. The number of carbonyl (C=O) groups is 1. The summed E-state index contributed by atoms with van der Waals surface area (Å²) in [4.78, 5) is 38.8. The first kappa shape index (κ1) is 21.1. The van der Waals surface area contributed by atoms with Crippen molar-refractivity contribution in [3.63, 3.8) is 0 Å². The highest BCUT2D eigenvalue weighted by molar-refractivity contribution is 9.10. The van der Waals surface area contributed by atoms with Gasteiger partial charge in [-0.1, -0.05) is 15.9 Å². The van der Waals surface area contributed by atoms with Crippen LogP contribution in [0.2, 0.25) is 0 Å². The van der Waals surface area contributed by atoms with Gasteiger partial charge in [-0.3, -0.25) is 14.9 Å². The predicted molar refractivity (Wildman–Crippen MR) is 112 cm³/mol. The van der Waals surface area contributed by atoms with Crippen LogP contribution in [0.3, 0.4) is 0 Å². The zero-order valence-electron chi connectivity index (χ0n) is 15.8. The number of rotatable bonds is 6. The van der Waals surface area contributed by atoms with E-state index in [1.807, 2.05) is 0 Å². The lowest BCUT2D eigenvalue weighted by Gasteiger charge is -2.12. The number of fused-ring (bicyclic) bond motifs is 1. The van der Waals surface area contributed by atoms with E-state index >= 15 is 0 Å². The van der Waals surface area contributed by atoms with E-state index in [9.17, 15) is 19.7 Å². The lowest BCUT2D eigenvalue weighted by molar-refractivity contribution is -0.384. The summed E-state index contributed by atoms with van der Waals surface area (Å²) in [5.41, 5.74) is -0.0296. The van der Waals surface area contributed by atoms with E-state index in [-0.39, 0.29) is 17.0 Å². The van der Waals surface area contributed by atoms with Gasteiger partial charge in [0.1, 0.15) is 11.6 Å². The summed E-state index contributed by atoms with van der Waals surface area (Å²) >= 11 is 3.31. The van der Waals surface area contributed by atoms with Crippen molar-refractivity contribution >= 4 is 44.7 Å². The first-order chi connectivity index (χ1) is 14.2. The Bertz CT molecular complexity index is 1250. The molecule has 1 N–H and O–H groups in total. The van der Waals surface area contributed by atoms with Gasteiger partial charge in [0.15, 0.2) is 6.10 Å². The largest absolute Gasteiger partial charge is 0.479 e. The van der Waals surface area contributed by atoms with E-state index in [0.717, 1.165) is 4.68 Å². The summed E-state index contributed by atoms with van der Waals surface area (Å²) in [7, 11) is 0. The molecule has 11 heteroatoms. The average Bonchev–Trinajstić information content (AvgIpc) is 2.69. The maximum Gasteiger partial charge on any atom is 0.344 e. The summed E-state index contributed by atoms with van der Waals surface area (Å²) in [6.07, 6.45) is -0.000626. The lowest BCUT2D eigenvalue weighted by Crippen LogP contribution is -2.23. The van der Waals surface area contributed by atoms with E-state index in [1.54, 1.807) is 25.1 Å². The summed E-state index contributed by atoms with van der Waals surface area (Å²) in [6, 6.07) is 8.73. The molecule has 0 saturated heterocycles. The van der Waals surface area contributed by atoms with Gasteiger partial charge in [-0.25, -0.2) is 9.78 Å². The molecule has 1 aromatic heterocycles. The molecule has 10 nitrogen and oxygen atoms in total. The number of aromatic nitrogens is 2. The van der Waals surface area contributed by atoms with Crippen LogP contribution in [-0.2, 0) is 4.79 Å². The van der Waals surface area contributed by atoms with Gasteiger partial charge in [0, 0.05) is 22.2 Å². The topological polar surface area (TPSA) is 137 Å². The second kappa shape index (κ2) is 8.41. The van der Waals surface area contributed by atoms with Gasteiger partial charge in [0.25, 0.3) is 11.2 Å². The quantitative estimate of drug-likeness (QED) is 0.329. The second-order valence-electron chi connectivity index (χ2n) is 6.26. The van der Waals surface area contributed by atoms with E-state index in [1.165, 1.54) is 31.3 Å². The number of nitrogens with zero attached hydrogens (tertiary/aromatic N) is 4. The third-order valence-electron chi connectivity index (χ3n) is 4.14.